The molecule has 0 spiro atoms. The molecule has 0 aliphatic carbocycles. The van der Waals surface area contributed by atoms with Gasteiger partial charge in [-0.15, -0.1) is 0 Å². The normalized spacial score (nSPS) is 10.5. The molecular formula is C14H12ClF2NO. The fourth-order valence-electron chi connectivity index (χ4n) is 1.68. The second-order valence-electron chi connectivity index (χ2n) is 4.01. The molecule has 0 amide bonds. The Balaban J connectivity index is 2.14. The number of rotatable bonds is 4. The Bertz CT molecular complexity index is 590. The Morgan fingerprint density at radius 1 is 1.11 bits per heavy atom. The maximum atomic E-state index is 13.6. The van der Waals surface area contributed by atoms with E-state index in [-0.39, 0.29) is 23.9 Å². The molecule has 0 saturated heterocycles. The van der Waals surface area contributed by atoms with E-state index in [1.54, 1.807) is 12.1 Å². The summed E-state index contributed by atoms with van der Waals surface area (Å²) < 4.78 is 32.1. The lowest BCUT2D eigenvalue weighted by Crippen LogP contribution is -2.02. The molecule has 0 heterocycles. The molecule has 0 radical (unpaired) electrons. The van der Waals surface area contributed by atoms with Gasteiger partial charge in [-0.3, -0.25) is 0 Å². The fraction of sp³-hybridized carbons (Fsp3) is 0.143. The summed E-state index contributed by atoms with van der Waals surface area (Å²) in [5.74, 6) is -0.987. The van der Waals surface area contributed by atoms with Crippen molar-refractivity contribution in [2.75, 3.05) is 0 Å². The van der Waals surface area contributed by atoms with Crippen LogP contribution in [0.2, 0.25) is 5.02 Å². The van der Waals surface area contributed by atoms with Crippen molar-refractivity contribution in [3.63, 3.8) is 0 Å². The monoisotopic (exact) mass is 283 g/mol. The number of nitrogens with two attached hydrogens (primary N) is 1. The van der Waals surface area contributed by atoms with E-state index in [2.05, 4.69) is 0 Å². The molecule has 5 heteroatoms. The maximum absolute atomic E-state index is 13.6. The van der Waals surface area contributed by atoms with Crippen LogP contribution in [0.3, 0.4) is 0 Å². The zero-order valence-electron chi connectivity index (χ0n) is 10.00. The van der Waals surface area contributed by atoms with Crippen LogP contribution in [0.5, 0.6) is 5.75 Å². The molecule has 19 heavy (non-hydrogen) atoms. The molecule has 0 bridgehead atoms. The second kappa shape index (κ2) is 5.99. The summed E-state index contributed by atoms with van der Waals surface area (Å²) in [5, 5.41) is -0.0145. The Morgan fingerprint density at radius 3 is 2.58 bits per heavy atom. The highest BCUT2D eigenvalue weighted by Crippen LogP contribution is 2.25. The summed E-state index contributed by atoms with van der Waals surface area (Å²) >= 11 is 5.64. The van der Waals surface area contributed by atoms with Gasteiger partial charge in [0.2, 0.25) is 0 Å². The van der Waals surface area contributed by atoms with Crippen LogP contribution in [0, 0.1) is 11.6 Å². The van der Waals surface area contributed by atoms with E-state index in [0.717, 1.165) is 0 Å². The highest BCUT2D eigenvalue weighted by Gasteiger charge is 2.08. The van der Waals surface area contributed by atoms with Crippen molar-refractivity contribution < 1.29 is 13.5 Å². The number of hydrogen-bond donors (Lipinski definition) is 1. The molecule has 0 aromatic heterocycles. The van der Waals surface area contributed by atoms with Gasteiger partial charge in [0, 0.05) is 6.54 Å². The van der Waals surface area contributed by atoms with E-state index < -0.39 is 11.6 Å². The van der Waals surface area contributed by atoms with Gasteiger partial charge in [0.1, 0.15) is 12.4 Å². The third-order valence-corrected chi connectivity index (χ3v) is 2.86. The topological polar surface area (TPSA) is 35.2 Å². The van der Waals surface area contributed by atoms with Crippen LogP contribution in [0.25, 0.3) is 0 Å². The van der Waals surface area contributed by atoms with Crippen molar-refractivity contribution in [3.8, 4) is 5.75 Å². The molecule has 0 aliphatic rings. The summed E-state index contributed by atoms with van der Waals surface area (Å²) in [7, 11) is 0. The van der Waals surface area contributed by atoms with Gasteiger partial charge < -0.3 is 10.5 Å². The molecule has 100 valence electrons. The first-order valence-corrected chi connectivity index (χ1v) is 6.03. The van der Waals surface area contributed by atoms with E-state index in [1.807, 2.05) is 0 Å². The van der Waals surface area contributed by atoms with Crippen molar-refractivity contribution in [2.24, 2.45) is 5.73 Å². The Hall–Kier alpha value is -1.65. The molecule has 2 nitrogen and oxygen atoms in total. The zero-order valence-corrected chi connectivity index (χ0v) is 10.8. The van der Waals surface area contributed by atoms with Gasteiger partial charge in [-0.1, -0.05) is 23.7 Å². The summed E-state index contributed by atoms with van der Waals surface area (Å²) in [4.78, 5) is 0. The second-order valence-corrected chi connectivity index (χ2v) is 4.42. The predicted molar refractivity (Wildman–Crippen MR) is 70.0 cm³/mol. The standard InChI is InChI=1S/C14H12ClF2NO/c15-12-2-1-3-13(14(12)17)19-8-10-4-9(7-18)5-11(16)6-10/h1-6H,7-8,18H2. The predicted octanol–water partition coefficient (Wildman–Crippen LogP) is 3.66. The lowest BCUT2D eigenvalue weighted by atomic mass is 10.1. The van der Waals surface area contributed by atoms with Gasteiger partial charge in [-0.2, -0.15) is 0 Å². The average Bonchev–Trinajstić information content (AvgIpc) is 2.40. The number of ether oxygens (including phenoxy) is 1. The molecule has 0 atom stereocenters. The van der Waals surface area contributed by atoms with Crippen molar-refractivity contribution in [1.29, 1.82) is 0 Å². The van der Waals surface area contributed by atoms with Crippen LogP contribution in [0.4, 0.5) is 8.78 Å². The number of halogens is 3. The van der Waals surface area contributed by atoms with Gasteiger partial charge in [0.25, 0.3) is 0 Å². The highest BCUT2D eigenvalue weighted by molar-refractivity contribution is 6.30. The fourth-order valence-corrected chi connectivity index (χ4v) is 1.84. The smallest absolute Gasteiger partial charge is 0.183 e. The molecule has 2 aromatic rings. The minimum absolute atomic E-state index is 0.0145. The van der Waals surface area contributed by atoms with Crippen molar-refractivity contribution in [1.82, 2.24) is 0 Å². The van der Waals surface area contributed by atoms with Crippen LogP contribution < -0.4 is 10.5 Å². The maximum Gasteiger partial charge on any atom is 0.183 e. The Morgan fingerprint density at radius 2 is 1.84 bits per heavy atom. The third-order valence-electron chi connectivity index (χ3n) is 2.56. The number of hydrogen-bond acceptors (Lipinski definition) is 2. The van der Waals surface area contributed by atoms with Gasteiger partial charge in [0.05, 0.1) is 5.02 Å². The molecule has 2 N–H and O–H groups in total. The summed E-state index contributed by atoms with van der Waals surface area (Å²) in [6.07, 6.45) is 0. The average molecular weight is 284 g/mol. The molecular weight excluding hydrogens is 272 g/mol. The molecule has 0 saturated carbocycles. The van der Waals surface area contributed by atoms with Crippen LogP contribution in [-0.2, 0) is 13.2 Å². The van der Waals surface area contributed by atoms with Crippen molar-refractivity contribution >= 4 is 11.6 Å². The first-order valence-electron chi connectivity index (χ1n) is 5.65. The van der Waals surface area contributed by atoms with Crippen LogP contribution in [0.1, 0.15) is 11.1 Å². The van der Waals surface area contributed by atoms with E-state index in [0.29, 0.717) is 11.1 Å². The van der Waals surface area contributed by atoms with Gasteiger partial charge in [-0.05, 0) is 35.4 Å². The third kappa shape index (κ3) is 3.43. The summed E-state index contributed by atoms with van der Waals surface area (Å²) in [6.45, 7) is 0.276. The van der Waals surface area contributed by atoms with Crippen LogP contribution >= 0.6 is 11.6 Å². The minimum atomic E-state index is -0.625. The molecule has 0 fully saturated rings. The van der Waals surface area contributed by atoms with Gasteiger partial charge >= 0.3 is 0 Å². The lowest BCUT2D eigenvalue weighted by molar-refractivity contribution is 0.289. The van der Waals surface area contributed by atoms with Crippen molar-refractivity contribution in [3.05, 3.63) is 64.2 Å². The largest absolute Gasteiger partial charge is 0.486 e. The first-order chi connectivity index (χ1) is 9.10. The van der Waals surface area contributed by atoms with E-state index in [9.17, 15) is 8.78 Å². The Labute approximate surface area is 114 Å². The van der Waals surface area contributed by atoms with Gasteiger partial charge in [0.15, 0.2) is 11.6 Å². The van der Waals surface area contributed by atoms with Gasteiger partial charge in [-0.25, -0.2) is 8.78 Å². The van der Waals surface area contributed by atoms with Crippen LogP contribution in [-0.4, -0.2) is 0 Å². The van der Waals surface area contributed by atoms with E-state index >= 15 is 0 Å². The first kappa shape index (κ1) is 13.8. The quantitative estimate of drug-likeness (QED) is 0.929. The molecule has 0 unspecified atom stereocenters. The zero-order chi connectivity index (χ0) is 13.8. The molecule has 2 rings (SSSR count). The molecule has 0 aliphatic heterocycles. The van der Waals surface area contributed by atoms with E-state index in [1.165, 1.54) is 24.3 Å². The number of benzene rings is 2. The SMILES string of the molecule is NCc1cc(F)cc(COc2cccc(Cl)c2F)c1. The van der Waals surface area contributed by atoms with Crippen LogP contribution in [0.15, 0.2) is 36.4 Å². The summed E-state index contributed by atoms with van der Waals surface area (Å²) in [5.41, 5.74) is 6.69. The summed E-state index contributed by atoms with van der Waals surface area (Å²) in [6, 6.07) is 8.86. The lowest BCUT2D eigenvalue weighted by Gasteiger charge is -2.09. The Kier molecular flexibility index (Phi) is 4.35. The molecule has 2 aromatic carbocycles. The van der Waals surface area contributed by atoms with Crippen molar-refractivity contribution in [2.45, 2.75) is 13.2 Å². The highest BCUT2D eigenvalue weighted by atomic mass is 35.5. The minimum Gasteiger partial charge on any atom is -0.486 e. The van der Waals surface area contributed by atoms with E-state index in [4.69, 9.17) is 22.1 Å².